The Kier molecular flexibility index (Phi) is 2.84. The number of carboxylic acid groups (broad SMARTS) is 1. The monoisotopic (exact) mass is 181 g/mol. The minimum absolute atomic E-state index is 0.209. The molecule has 0 radical (unpaired) electrons. The maximum absolute atomic E-state index is 11.4. The third kappa shape index (κ3) is 2.18. The summed E-state index contributed by atoms with van der Waals surface area (Å²) in [6.45, 7) is 2.40. The Hall–Kier alpha value is -1.58. The quantitative estimate of drug-likeness (QED) is 0.738. The fourth-order valence-corrected chi connectivity index (χ4v) is 1.13. The highest BCUT2D eigenvalue weighted by Crippen LogP contribution is 1.93. The topological polar surface area (TPSA) is 59.3 Å². The van der Waals surface area contributed by atoms with Crippen molar-refractivity contribution in [2.45, 2.75) is 19.9 Å². The third-order valence-electron chi connectivity index (χ3n) is 1.78. The molecule has 1 aromatic rings. The summed E-state index contributed by atoms with van der Waals surface area (Å²) in [4.78, 5) is 21.8. The molecule has 0 fully saturated rings. The summed E-state index contributed by atoms with van der Waals surface area (Å²) in [5.74, 6) is -0.981. The van der Waals surface area contributed by atoms with E-state index in [1.165, 1.54) is 4.57 Å². The molecule has 0 aliphatic carbocycles. The van der Waals surface area contributed by atoms with Crippen LogP contribution in [0.4, 0.5) is 0 Å². The molecular formula is C9H11NO3. The van der Waals surface area contributed by atoms with Gasteiger partial charge < -0.3 is 9.67 Å². The van der Waals surface area contributed by atoms with E-state index in [-0.39, 0.29) is 12.0 Å². The highest BCUT2D eigenvalue weighted by molar-refractivity contribution is 5.69. The Morgan fingerprint density at radius 1 is 1.62 bits per heavy atom. The molecule has 0 amide bonds. The molecule has 1 rings (SSSR count). The van der Waals surface area contributed by atoms with E-state index in [9.17, 15) is 9.59 Å². The van der Waals surface area contributed by atoms with Crippen LogP contribution >= 0.6 is 0 Å². The molecule has 0 atom stereocenters. The zero-order valence-electron chi connectivity index (χ0n) is 7.36. The number of hydrogen-bond acceptors (Lipinski definition) is 2. The molecule has 0 saturated heterocycles. The van der Waals surface area contributed by atoms with E-state index in [4.69, 9.17) is 5.11 Å². The molecule has 0 aliphatic heterocycles. The Labute approximate surface area is 75.4 Å². The van der Waals surface area contributed by atoms with E-state index < -0.39 is 5.97 Å². The maximum Gasteiger partial charge on any atom is 0.308 e. The van der Waals surface area contributed by atoms with Crippen molar-refractivity contribution in [2.24, 2.45) is 0 Å². The number of rotatable bonds is 3. The average molecular weight is 181 g/mol. The first-order chi connectivity index (χ1) is 6.15. The molecule has 1 N–H and O–H groups in total. The zero-order chi connectivity index (χ0) is 9.84. The molecule has 1 aromatic heterocycles. The Morgan fingerprint density at radius 3 is 2.85 bits per heavy atom. The molecule has 13 heavy (non-hydrogen) atoms. The van der Waals surface area contributed by atoms with Gasteiger partial charge in [-0.2, -0.15) is 0 Å². The van der Waals surface area contributed by atoms with Gasteiger partial charge in [0.15, 0.2) is 0 Å². The average Bonchev–Trinajstić information content (AvgIpc) is 2.08. The van der Waals surface area contributed by atoms with E-state index in [0.717, 1.165) is 0 Å². The molecule has 0 bridgehead atoms. The fraction of sp³-hybridized carbons (Fsp3) is 0.333. The first-order valence-electron chi connectivity index (χ1n) is 4.05. The lowest BCUT2D eigenvalue weighted by atomic mass is 10.2. The lowest BCUT2D eigenvalue weighted by Gasteiger charge is -2.02. The predicted molar refractivity (Wildman–Crippen MR) is 47.7 cm³/mol. The molecule has 70 valence electrons. The molecule has 0 aliphatic rings. The van der Waals surface area contributed by atoms with Crippen LogP contribution < -0.4 is 5.56 Å². The van der Waals surface area contributed by atoms with Crippen LogP contribution in [0.1, 0.15) is 12.5 Å². The van der Waals surface area contributed by atoms with E-state index in [2.05, 4.69) is 0 Å². The molecule has 4 heteroatoms. The molecule has 1 heterocycles. The summed E-state index contributed by atoms with van der Waals surface area (Å²) in [7, 11) is 0. The van der Waals surface area contributed by atoms with E-state index >= 15 is 0 Å². The molecule has 0 saturated carbocycles. The SMILES string of the molecule is CCn1cccc(CC(=O)O)c1=O. The van der Waals surface area contributed by atoms with Crippen LogP contribution in [0.5, 0.6) is 0 Å². The first-order valence-corrected chi connectivity index (χ1v) is 4.05. The fourth-order valence-electron chi connectivity index (χ4n) is 1.13. The number of aryl methyl sites for hydroxylation is 1. The van der Waals surface area contributed by atoms with Gasteiger partial charge in [0.1, 0.15) is 0 Å². The van der Waals surface area contributed by atoms with Gasteiger partial charge in [-0.1, -0.05) is 6.07 Å². The molecule has 0 aromatic carbocycles. The van der Waals surface area contributed by atoms with Crippen LogP contribution in [-0.4, -0.2) is 15.6 Å². The van der Waals surface area contributed by atoms with Crippen molar-refractivity contribution in [2.75, 3.05) is 0 Å². The number of carboxylic acids is 1. The van der Waals surface area contributed by atoms with Gasteiger partial charge in [-0.3, -0.25) is 9.59 Å². The van der Waals surface area contributed by atoms with Crippen LogP contribution in [0, 0.1) is 0 Å². The summed E-state index contributed by atoms with van der Waals surface area (Å²) >= 11 is 0. The molecular weight excluding hydrogens is 170 g/mol. The Morgan fingerprint density at radius 2 is 2.31 bits per heavy atom. The van der Waals surface area contributed by atoms with Crippen LogP contribution in [0.25, 0.3) is 0 Å². The Bertz CT molecular complexity index is 367. The van der Waals surface area contributed by atoms with Crippen LogP contribution in [0.3, 0.4) is 0 Å². The first kappa shape index (κ1) is 9.51. The number of pyridine rings is 1. The summed E-state index contributed by atoms with van der Waals surface area (Å²) in [6, 6.07) is 3.23. The van der Waals surface area contributed by atoms with Crippen LogP contribution in [-0.2, 0) is 17.8 Å². The normalized spacial score (nSPS) is 9.92. The van der Waals surface area contributed by atoms with Crippen molar-refractivity contribution in [1.82, 2.24) is 4.57 Å². The van der Waals surface area contributed by atoms with E-state index in [1.807, 2.05) is 6.92 Å². The molecule has 0 unspecified atom stereocenters. The highest BCUT2D eigenvalue weighted by atomic mass is 16.4. The summed E-state index contributed by atoms with van der Waals surface area (Å²) in [6.07, 6.45) is 1.44. The van der Waals surface area contributed by atoms with Crippen LogP contribution in [0.15, 0.2) is 23.1 Å². The predicted octanol–water partition coefficient (Wildman–Crippen LogP) is 0.495. The number of hydrogen-bond donors (Lipinski definition) is 1. The van der Waals surface area contributed by atoms with Gasteiger partial charge in [-0.25, -0.2) is 0 Å². The number of nitrogens with zero attached hydrogens (tertiary/aromatic N) is 1. The van der Waals surface area contributed by atoms with Gasteiger partial charge in [-0.05, 0) is 13.0 Å². The summed E-state index contributed by atoms with van der Waals surface area (Å²) in [5, 5.41) is 8.51. The van der Waals surface area contributed by atoms with Crippen molar-refractivity contribution in [3.8, 4) is 0 Å². The second-order valence-corrected chi connectivity index (χ2v) is 2.70. The molecule has 4 nitrogen and oxygen atoms in total. The minimum atomic E-state index is -0.981. The Balaban J connectivity index is 3.09. The van der Waals surface area contributed by atoms with Gasteiger partial charge in [0.05, 0.1) is 6.42 Å². The lowest BCUT2D eigenvalue weighted by Crippen LogP contribution is -2.23. The number of carbonyl (C=O) groups is 1. The highest BCUT2D eigenvalue weighted by Gasteiger charge is 2.05. The smallest absolute Gasteiger partial charge is 0.308 e. The number of aromatic nitrogens is 1. The number of aliphatic carboxylic acids is 1. The van der Waals surface area contributed by atoms with Gasteiger partial charge in [0.2, 0.25) is 0 Å². The van der Waals surface area contributed by atoms with Crippen molar-refractivity contribution in [3.63, 3.8) is 0 Å². The van der Waals surface area contributed by atoms with Crippen molar-refractivity contribution in [3.05, 3.63) is 34.2 Å². The van der Waals surface area contributed by atoms with Crippen molar-refractivity contribution < 1.29 is 9.90 Å². The second kappa shape index (κ2) is 3.89. The van der Waals surface area contributed by atoms with Crippen LogP contribution in [0.2, 0.25) is 0 Å². The van der Waals surface area contributed by atoms with Crippen molar-refractivity contribution >= 4 is 5.97 Å². The largest absolute Gasteiger partial charge is 0.481 e. The van der Waals surface area contributed by atoms with Gasteiger partial charge in [-0.15, -0.1) is 0 Å². The molecule has 0 spiro atoms. The maximum atomic E-state index is 11.4. The zero-order valence-corrected chi connectivity index (χ0v) is 7.36. The summed E-state index contributed by atoms with van der Waals surface area (Å²) < 4.78 is 1.48. The van der Waals surface area contributed by atoms with Gasteiger partial charge in [0.25, 0.3) is 5.56 Å². The van der Waals surface area contributed by atoms with Gasteiger partial charge in [0, 0.05) is 18.3 Å². The van der Waals surface area contributed by atoms with E-state index in [0.29, 0.717) is 12.1 Å². The standard InChI is InChI=1S/C9H11NO3/c1-2-10-5-3-4-7(9(10)13)6-8(11)12/h3-5H,2,6H2,1H3,(H,11,12). The minimum Gasteiger partial charge on any atom is -0.481 e. The van der Waals surface area contributed by atoms with Gasteiger partial charge >= 0.3 is 5.97 Å². The summed E-state index contributed by atoms with van der Waals surface area (Å²) in [5.41, 5.74) is 0.115. The second-order valence-electron chi connectivity index (χ2n) is 2.70. The lowest BCUT2D eigenvalue weighted by molar-refractivity contribution is -0.136. The van der Waals surface area contributed by atoms with Crippen molar-refractivity contribution in [1.29, 1.82) is 0 Å². The third-order valence-corrected chi connectivity index (χ3v) is 1.78. The van der Waals surface area contributed by atoms with E-state index in [1.54, 1.807) is 18.3 Å².